The number of amides is 1. The van der Waals surface area contributed by atoms with Crippen molar-refractivity contribution in [2.75, 3.05) is 19.6 Å². The zero-order valence-corrected chi connectivity index (χ0v) is 11.9. The summed E-state index contributed by atoms with van der Waals surface area (Å²) in [5, 5.41) is 3.50. The normalized spacial score (nSPS) is 23.6. The van der Waals surface area contributed by atoms with E-state index in [2.05, 4.69) is 19.2 Å². The molecule has 1 aromatic heterocycles. The summed E-state index contributed by atoms with van der Waals surface area (Å²) in [7, 11) is 0. The molecule has 0 saturated carbocycles. The van der Waals surface area contributed by atoms with Crippen LogP contribution in [0.5, 0.6) is 0 Å². The molecule has 0 bridgehead atoms. The van der Waals surface area contributed by atoms with E-state index in [1.54, 1.807) is 6.26 Å². The first-order valence-electron chi connectivity index (χ1n) is 7.24. The Morgan fingerprint density at radius 2 is 2.42 bits per heavy atom. The van der Waals surface area contributed by atoms with Crippen LogP contribution in [-0.2, 0) is 11.2 Å². The highest BCUT2D eigenvalue weighted by molar-refractivity contribution is 5.76. The van der Waals surface area contributed by atoms with Gasteiger partial charge in [-0.2, -0.15) is 0 Å². The topological polar surface area (TPSA) is 45.5 Å². The van der Waals surface area contributed by atoms with Gasteiger partial charge in [-0.25, -0.2) is 0 Å². The molecule has 2 atom stereocenters. The number of carbonyl (C=O) groups excluding carboxylic acids is 1. The Labute approximate surface area is 115 Å². The molecule has 1 aliphatic heterocycles. The second-order valence-electron chi connectivity index (χ2n) is 5.35. The van der Waals surface area contributed by atoms with Gasteiger partial charge < -0.3 is 14.6 Å². The lowest BCUT2D eigenvalue weighted by Crippen LogP contribution is -2.50. The lowest BCUT2D eigenvalue weighted by molar-refractivity contribution is -0.133. The quantitative estimate of drug-likeness (QED) is 0.885. The zero-order valence-electron chi connectivity index (χ0n) is 11.9. The van der Waals surface area contributed by atoms with Crippen molar-refractivity contribution in [3.8, 4) is 0 Å². The zero-order chi connectivity index (χ0) is 13.7. The molecular formula is C15H24N2O2. The SMILES string of the molecule is CCNC1CCN(C(=O)CCc2ccco2)CC1C. The highest BCUT2D eigenvalue weighted by Crippen LogP contribution is 2.18. The largest absolute Gasteiger partial charge is 0.469 e. The number of hydrogen-bond acceptors (Lipinski definition) is 3. The van der Waals surface area contributed by atoms with Crippen LogP contribution >= 0.6 is 0 Å². The number of nitrogens with one attached hydrogen (secondary N) is 1. The van der Waals surface area contributed by atoms with Crippen LogP contribution in [0.4, 0.5) is 0 Å². The van der Waals surface area contributed by atoms with Crippen LogP contribution in [-0.4, -0.2) is 36.5 Å². The Kier molecular flexibility index (Phi) is 5.02. The predicted octanol–water partition coefficient (Wildman–Crippen LogP) is 2.06. The molecule has 1 fully saturated rings. The maximum Gasteiger partial charge on any atom is 0.223 e. The second-order valence-corrected chi connectivity index (χ2v) is 5.35. The molecule has 106 valence electrons. The predicted molar refractivity (Wildman–Crippen MR) is 74.9 cm³/mol. The van der Waals surface area contributed by atoms with E-state index in [4.69, 9.17) is 4.42 Å². The number of hydrogen-bond donors (Lipinski definition) is 1. The highest BCUT2D eigenvalue weighted by Gasteiger charge is 2.27. The number of piperidine rings is 1. The molecule has 1 aliphatic rings. The lowest BCUT2D eigenvalue weighted by atomic mass is 9.93. The summed E-state index contributed by atoms with van der Waals surface area (Å²) >= 11 is 0. The molecule has 0 aliphatic carbocycles. The van der Waals surface area contributed by atoms with Crippen molar-refractivity contribution in [1.29, 1.82) is 0 Å². The van der Waals surface area contributed by atoms with Gasteiger partial charge in [0.05, 0.1) is 6.26 Å². The molecule has 0 spiro atoms. The molecule has 4 heteroatoms. The van der Waals surface area contributed by atoms with Gasteiger partial charge in [-0.1, -0.05) is 13.8 Å². The summed E-state index contributed by atoms with van der Waals surface area (Å²) in [6, 6.07) is 4.34. The van der Waals surface area contributed by atoms with E-state index in [1.807, 2.05) is 17.0 Å². The van der Waals surface area contributed by atoms with Gasteiger partial charge in [-0.15, -0.1) is 0 Å². The minimum atomic E-state index is 0.248. The number of carbonyl (C=O) groups is 1. The van der Waals surface area contributed by atoms with Gasteiger partial charge >= 0.3 is 0 Å². The van der Waals surface area contributed by atoms with Crippen molar-refractivity contribution in [1.82, 2.24) is 10.2 Å². The first-order chi connectivity index (χ1) is 9.20. The number of rotatable bonds is 5. The Morgan fingerprint density at radius 1 is 1.58 bits per heavy atom. The van der Waals surface area contributed by atoms with E-state index in [0.717, 1.165) is 31.8 Å². The van der Waals surface area contributed by atoms with Crippen molar-refractivity contribution < 1.29 is 9.21 Å². The fourth-order valence-electron chi connectivity index (χ4n) is 2.78. The van der Waals surface area contributed by atoms with Crippen LogP contribution in [0.1, 0.15) is 32.4 Å². The van der Waals surface area contributed by atoms with Gasteiger partial charge in [0.1, 0.15) is 5.76 Å². The van der Waals surface area contributed by atoms with Crippen LogP contribution < -0.4 is 5.32 Å². The molecule has 2 heterocycles. The Balaban J connectivity index is 1.78. The molecule has 0 radical (unpaired) electrons. The van der Waals surface area contributed by atoms with E-state index in [-0.39, 0.29) is 5.91 Å². The maximum absolute atomic E-state index is 12.2. The van der Waals surface area contributed by atoms with Crippen LogP contribution in [0, 0.1) is 5.92 Å². The fourth-order valence-corrected chi connectivity index (χ4v) is 2.78. The second kappa shape index (κ2) is 6.75. The van der Waals surface area contributed by atoms with Crippen LogP contribution in [0.2, 0.25) is 0 Å². The third kappa shape index (κ3) is 3.83. The van der Waals surface area contributed by atoms with Gasteiger partial charge in [0.15, 0.2) is 0 Å². The summed E-state index contributed by atoms with van der Waals surface area (Å²) in [5.41, 5.74) is 0. The molecular weight excluding hydrogens is 240 g/mol. The molecule has 19 heavy (non-hydrogen) atoms. The summed E-state index contributed by atoms with van der Waals surface area (Å²) in [4.78, 5) is 14.2. The molecule has 0 aromatic carbocycles. The van der Waals surface area contributed by atoms with E-state index >= 15 is 0 Å². The third-order valence-corrected chi connectivity index (χ3v) is 3.89. The average Bonchev–Trinajstić information content (AvgIpc) is 2.91. The van der Waals surface area contributed by atoms with Crippen molar-refractivity contribution in [3.05, 3.63) is 24.2 Å². The van der Waals surface area contributed by atoms with Gasteiger partial charge in [-0.05, 0) is 31.0 Å². The molecule has 2 rings (SSSR count). The van der Waals surface area contributed by atoms with Gasteiger partial charge in [-0.3, -0.25) is 4.79 Å². The summed E-state index contributed by atoms with van der Waals surface area (Å²) in [6.07, 6.45) is 3.96. The summed E-state index contributed by atoms with van der Waals surface area (Å²) < 4.78 is 5.26. The van der Waals surface area contributed by atoms with Gasteiger partial charge in [0, 0.05) is 32.0 Å². The Hall–Kier alpha value is -1.29. The Bertz CT molecular complexity index is 389. The van der Waals surface area contributed by atoms with Crippen molar-refractivity contribution in [2.24, 2.45) is 5.92 Å². The minimum absolute atomic E-state index is 0.248. The van der Waals surface area contributed by atoms with Crippen LogP contribution in [0.15, 0.2) is 22.8 Å². The number of likely N-dealkylation sites (tertiary alicyclic amines) is 1. The molecule has 2 unspecified atom stereocenters. The van der Waals surface area contributed by atoms with Crippen molar-refractivity contribution >= 4 is 5.91 Å². The smallest absolute Gasteiger partial charge is 0.223 e. The standard InChI is InChI=1S/C15H24N2O2/c1-3-16-14-8-9-17(11-12(14)2)15(18)7-6-13-5-4-10-19-13/h4-5,10,12,14,16H,3,6-9,11H2,1-2H3. The van der Waals surface area contributed by atoms with Gasteiger partial charge in [0.25, 0.3) is 0 Å². The molecule has 1 amide bonds. The van der Waals surface area contributed by atoms with Crippen LogP contribution in [0.3, 0.4) is 0 Å². The third-order valence-electron chi connectivity index (χ3n) is 3.89. The minimum Gasteiger partial charge on any atom is -0.469 e. The number of furan rings is 1. The Morgan fingerprint density at radius 3 is 3.05 bits per heavy atom. The molecule has 1 saturated heterocycles. The van der Waals surface area contributed by atoms with Gasteiger partial charge in [0.2, 0.25) is 5.91 Å². The molecule has 1 aromatic rings. The number of nitrogens with zero attached hydrogens (tertiary/aromatic N) is 1. The first kappa shape index (κ1) is 14.1. The lowest BCUT2D eigenvalue weighted by Gasteiger charge is -2.37. The maximum atomic E-state index is 12.2. The van der Waals surface area contributed by atoms with Crippen LogP contribution in [0.25, 0.3) is 0 Å². The monoisotopic (exact) mass is 264 g/mol. The molecule has 1 N–H and O–H groups in total. The average molecular weight is 264 g/mol. The van der Waals surface area contributed by atoms with E-state index in [0.29, 0.717) is 24.8 Å². The van der Waals surface area contributed by atoms with Crippen molar-refractivity contribution in [3.63, 3.8) is 0 Å². The van der Waals surface area contributed by atoms with E-state index in [1.165, 1.54) is 0 Å². The van der Waals surface area contributed by atoms with E-state index < -0.39 is 0 Å². The highest BCUT2D eigenvalue weighted by atomic mass is 16.3. The summed E-state index contributed by atoms with van der Waals surface area (Å²) in [5.74, 6) is 1.67. The molecule has 4 nitrogen and oxygen atoms in total. The number of aryl methyl sites for hydroxylation is 1. The fraction of sp³-hybridized carbons (Fsp3) is 0.667. The first-order valence-corrected chi connectivity index (χ1v) is 7.24. The van der Waals surface area contributed by atoms with Crippen molar-refractivity contribution in [2.45, 2.75) is 39.2 Å². The summed E-state index contributed by atoms with van der Waals surface area (Å²) in [6.45, 7) is 7.10. The van der Waals surface area contributed by atoms with E-state index in [9.17, 15) is 4.79 Å².